The number of pyridine rings is 1. The molecule has 1 heterocycles. The van der Waals surface area contributed by atoms with Gasteiger partial charge >= 0.3 is 0 Å². The SMILES string of the molecule is CC(C)(Cc1ccc(F)cc1)NS(=O)(=O)c1cccc2cccnc12. The first-order valence-electron chi connectivity index (χ1n) is 7.89. The lowest BCUT2D eigenvalue weighted by molar-refractivity contribution is 0.450. The van der Waals surface area contributed by atoms with Crippen molar-refractivity contribution in [1.29, 1.82) is 0 Å². The standard InChI is InChI=1S/C19H19FN2O2S/c1-19(2,13-14-8-10-16(20)11-9-14)22-25(23,24)17-7-3-5-15-6-4-12-21-18(15)17/h3-12,22H,13H2,1-2H3. The molecule has 0 amide bonds. The van der Waals surface area contributed by atoms with Crippen molar-refractivity contribution in [2.75, 3.05) is 0 Å². The quantitative estimate of drug-likeness (QED) is 0.757. The van der Waals surface area contributed by atoms with Crippen molar-refractivity contribution >= 4 is 20.9 Å². The van der Waals surface area contributed by atoms with Crippen molar-refractivity contribution in [3.8, 4) is 0 Å². The van der Waals surface area contributed by atoms with Crippen LogP contribution in [0.1, 0.15) is 19.4 Å². The lowest BCUT2D eigenvalue weighted by Crippen LogP contribution is -2.45. The fourth-order valence-corrected chi connectivity index (χ4v) is 4.45. The lowest BCUT2D eigenvalue weighted by atomic mass is 9.96. The first-order chi connectivity index (χ1) is 11.8. The molecule has 0 saturated carbocycles. The third-order valence-corrected chi connectivity index (χ3v) is 5.58. The second-order valence-electron chi connectivity index (χ2n) is 6.62. The maximum absolute atomic E-state index is 13.0. The molecule has 0 spiro atoms. The molecule has 0 aliphatic carbocycles. The number of halogens is 1. The molecular weight excluding hydrogens is 339 g/mol. The molecule has 25 heavy (non-hydrogen) atoms. The maximum Gasteiger partial charge on any atom is 0.243 e. The van der Waals surface area contributed by atoms with E-state index in [2.05, 4.69) is 9.71 Å². The van der Waals surface area contributed by atoms with Crippen LogP contribution < -0.4 is 4.72 Å². The third kappa shape index (κ3) is 4.03. The number of nitrogens with one attached hydrogen (secondary N) is 1. The molecular formula is C19H19FN2O2S. The highest BCUT2D eigenvalue weighted by atomic mass is 32.2. The normalized spacial score (nSPS) is 12.4. The smallest absolute Gasteiger partial charge is 0.243 e. The zero-order chi connectivity index (χ0) is 18.1. The minimum Gasteiger partial charge on any atom is -0.255 e. The molecule has 3 rings (SSSR count). The Kier molecular flexibility index (Phi) is 4.58. The Hall–Kier alpha value is -2.31. The topological polar surface area (TPSA) is 59.1 Å². The Morgan fingerprint density at radius 1 is 1.04 bits per heavy atom. The van der Waals surface area contributed by atoms with Gasteiger partial charge in [0.15, 0.2) is 0 Å². The number of aromatic nitrogens is 1. The Balaban J connectivity index is 1.90. The van der Waals surface area contributed by atoms with Gasteiger partial charge in [-0.1, -0.05) is 30.3 Å². The molecule has 0 aliphatic heterocycles. The van der Waals surface area contributed by atoms with E-state index in [4.69, 9.17) is 0 Å². The van der Waals surface area contributed by atoms with Gasteiger partial charge in [-0.15, -0.1) is 0 Å². The predicted octanol–water partition coefficient (Wildman–Crippen LogP) is 3.67. The zero-order valence-corrected chi connectivity index (χ0v) is 14.8. The highest BCUT2D eigenvalue weighted by Gasteiger charge is 2.28. The average molecular weight is 358 g/mol. The summed E-state index contributed by atoms with van der Waals surface area (Å²) in [6.45, 7) is 3.60. The number of benzene rings is 2. The Bertz CT molecular complexity index is 994. The van der Waals surface area contributed by atoms with E-state index in [9.17, 15) is 12.8 Å². The number of nitrogens with zero attached hydrogens (tertiary/aromatic N) is 1. The number of para-hydroxylation sites is 1. The highest BCUT2D eigenvalue weighted by Crippen LogP contribution is 2.23. The summed E-state index contributed by atoms with van der Waals surface area (Å²) in [4.78, 5) is 4.36. The highest BCUT2D eigenvalue weighted by molar-refractivity contribution is 7.89. The Morgan fingerprint density at radius 3 is 2.44 bits per heavy atom. The van der Waals surface area contributed by atoms with Crippen molar-refractivity contribution < 1.29 is 12.8 Å². The molecule has 0 unspecified atom stereocenters. The Labute approximate surface area is 146 Å². The largest absolute Gasteiger partial charge is 0.255 e. The van der Waals surface area contributed by atoms with E-state index in [1.807, 2.05) is 12.1 Å². The van der Waals surface area contributed by atoms with E-state index in [1.54, 1.807) is 50.4 Å². The van der Waals surface area contributed by atoms with Crippen LogP contribution in [0.25, 0.3) is 10.9 Å². The molecule has 1 N–H and O–H groups in total. The van der Waals surface area contributed by atoms with Gasteiger partial charge in [-0.05, 0) is 50.1 Å². The van der Waals surface area contributed by atoms with Crippen LogP contribution in [-0.2, 0) is 16.4 Å². The van der Waals surface area contributed by atoms with Crippen LogP contribution in [0.2, 0.25) is 0 Å². The van der Waals surface area contributed by atoms with Crippen molar-refractivity contribution in [2.45, 2.75) is 30.7 Å². The fourth-order valence-electron chi connectivity index (χ4n) is 2.86. The molecule has 6 heteroatoms. The van der Waals surface area contributed by atoms with E-state index in [0.29, 0.717) is 11.9 Å². The van der Waals surface area contributed by atoms with Crippen LogP contribution in [0.3, 0.4) is 0 Å². The molecule has 4 nitrogen and oxygen atoms in total. The molecule has 2 aromatic carbocycles. The number of rotatable bonds is 5. The molecule has 0 saturated heterocycles. The van der Waals surface area contributed by atoms with Gasteiger partial charge in [0, 0.05) is 17.1 Å². The summed E-state index contributed by atoms with van der Waals surface area (Å²) >= 11 is 0. The van der Waals surface area contributed by atoms with E-state index >= 15 is 0 Å². The molecule has 0 bridgehead atoms. The number of sulfonamides is 1. The van der Waals surface area contributed by atoms with Gasteiger partial charge in [0.05, 0.1) is 5.52 Å². The van der Waals surface area contributed by atoms with Crippen molar-refractivity contribution in [1.82, 2.24) is 9.71 Å². The Morgan fingerprint density at radius 2 is 1.72 bits per heavy atom. The lowest BCUT2D eigenvalue weighted by Gasteiger charge is -2.26. The second kappa shape index (κ2) is 6.54. The summed E-state index contributed by atoms with van der Waals surface area (Å²) in [5.74, 6) is -0.316. The van der Waals surface area contributed by atoms with Crippen LogP contribution >= 0.6 is 0 Å². The van der Waals surface area contributed by atoms with Crippen molar-refractivity contribution in [3.63, 3.8) is 0 Å². The maximum atomic E-state index is 13.0. The monoisotopic (exact) mass is 358 g/mol. The van der Waals surface area contributed by atoms with Crippen LogP contribution in [0, 0.1) is 5.82 Å². The van der Waals surface area contributed by atoms with Gasteiger partial charge in [-0.2, -0.15) is 0 Å². The third-order valence-electron chi connectivity index (χ3n) is 3.86. The summed E-state index contributed by atoms with van der Waals surface area (Å²) in [6, 6.07) is 14.7. The average Bonchev–Trinajstić information content (AvgIpc) is 2.55. The molecule has 130 valence electrons. The van der Waals surface area contributed by atoms with E-state index in [-0.39, 0.29) is 10.7 Å². The summed E-state index contributed by atoms with van der Waals surface area (Å²) in [5.41, 5.74) is 0.549. The number of hydrogen-bond acceptors (Lipinski definition) is 3. The van der Waals surface area contributed by atoms with Crippen molar-refractivity contribution in [2.24, 2.45) is 0 Å². The summed E-state index contributed by atoms with van der Waals surface area (Å²) in [5, 5.41) is 0.765. The summed E-state index contributed by atoms with van der Waals surface area (Å²) in [6.07, 6.45) is 2.01. The van der Waals surface area contributed by atoms with Gasteiger partial charge in [-0.25, -0.2) is 17.5 Å². The van der Waals surface area contributed by atoms with Gasteiger partial charge in [0.1, 0.15) is 10.7 Å². The fraction of sp³-hybridized carbons (Fsp3) is 0.211. The van der Waals surface area contributed by atoms with Crippen LogP contribution in [-0.4, -0.2) is 18.9 Å². The van der Waals surface area contributed by atoms with Crippen LogP contribution in [0.5, 0.6) is 0 Å². The first-order valence-corrected chi connectivity index (χ1v) is 9.37. The van der Waals surface area contributed by atoms with E-state index < -0.39 is 15.6 Å². The van der Waals surface area contributed by atoms with Crippen LogP contribution in [0.4, 0.5) is 4.39 Å². The molecule has 0 radical (unpaired) electrons. The summed E-state index contributed by atoms with van der Waals surface area (Å²) in [7, 11) is -3.76. The minimum atomic E-state index is -3.76. The van der Waals surface area contributed by atoms with E-state index in [1.165, 1.54) is 12.1 Å². The van der Waals surface area contributed by atoms with Gasteiger partial charge < -0.3 is 0 Å². The van der Waals surface area contributed by atoms with Crippen molar-refractivity contribution in [3.05, 3.63) is 72.2 Å². The molecule has 0 aliphatic rings. The molecule has 0 atom stereocenters. The first kappa shape index (κ1) is 17.5. The predicted molar refractivity (Wildman–Crippen MR) is 96.2 cm³/mol. The van der Waals surface area contributed by atoms with Crippen LogP contribution in [0.15, 0.2) is 65.7 Å². The molecule has 1 aromatic heterocycles. The van der Waals surface area contributed by atoms with Gasteiger partial charge in [-0.3, -0.25) is 4.98 Å². The molecule has 3 aromatic rings. The van der Waals surface area contributed by atoms with Gasteiger partial charge in [0.25, 0.3) is 0 Å². The number of fused-ring (bicyclic) bond motifs is 1. The summed E-state index contributed by atoms with van der Waals surface area (Å²) < 4.78 is 41.6. The minimum absolute atomic E-state index is 0.151. The van der Waals surface area contributed by atoms with E-state index in [0.717, 1.165) is 10.9 Å². The zero-order valence-electron chi connectivity index (χ0n) is 14.0. The second-order valence-corrected chi connectivity index (χ2v) is 8.27. The van der Waals surface area contributed by atoms with Gasteiger partial charge in [0.2, 0.25) is 10.0 Å². The molecule has 0 fully saturated rings. The number of hydrogen-bond donors (Lipinski definition) is 1.